The third-order valence-electron chi connectivity index (χ3n) is 2.46. The van der Waals surface area contributed by atoms with Gasteiger partial charge < -0.3 is 16.2 Å². The van der Waals surface area contributed by atoms with Crippen LogP contribution in [0.2, 0.25) is 0 Å². The lowest BCUT2D eigenvalue weighted by molar-refractivity contribution is -0.116. The van der Waals surface area contributed by atoms with Gasteiger partial charge in [-0.05, 0) is 17.7 Å². The third kappa shape index (κ3) is 1.83. The molecule has 0 radical (unpaired) electrons. The van der Waals surface area contributed by atoms with E-state index in [0.29, 0.717) is 12.2 Å². The maximum atomic E-state index is 11.2. The number of ketones is 1. The Bertz CT molecular complexity index is 483. The molecule has 0 aliphatic carbocycles. The van der Waals surface area contributed by atoms with Gasteiger partial charge in [0.25, 0.3) is 0 Å². The molecule has 1 heterocycles. The molecule has 4 N–H and O–H groups in total. The lowest BCUT2D eigenvalue weighted by Crippen LogP contribution is -2.11. The zero-order valence-corrected chi connectivity index (χ0v) is 10.0. The average Bonchev–Trinajstić information content (AvgIpc) is 2.61. The highest BCUT2D eigenvalue weighted by Gasteiger charge is 2.24. The molecule has 1 aromatic rings. The fourth-order valence-corrected chi connectivity index (χ4v) is 2.03. The maximum Gasteiger partial charge on any atom is 0.218 e. The number of rotatable bonds is 2. The van der Waals surface area contributed by atoms with E-state index >= 15 is 0 Å². The van der Waals surface area contributed by atoms with Crippen molar-refractivity contribution < 1.29 is 9.90 Å². The molecule has 0 fully saturated rings. The second-order valence-corrected chi connectivity index (χ2v) is 4.37. The van der Waals surface area contributed by atoms with Crippen LogP contribution in [-0.4, -0.2) is 17.4 Å². The Labute approximate surface area is 101 Å². The number of carbonyl (C=O) groups is 1. The van der Waals surface area contributed by atoms with E-state index in [-0.39, 0.29) is 18.1 Å². The molecule has 84 valence electrons. The van der Waals surface area contributed by atoms with Crippen molar-refractivity contribution in [3.63, 3.8) is 0 Å². The van der Waals surface area contributed by atoms with Crippen LogP contribution in [-0.2, 0) is 11.3 Å². The molecule has 0 bridgehead atoms. The lowest BCUT2D eigenvalue weighted by atomic mass is 10.1. The number of benzene rings is 1. The minimum Gasteiger partial charge on any atom is -0.503 e. The molecule has 0 saturated carbocycles. The van der Waals surface area contributed by atoms with Crippen molar-refractivity contribution in [2.24, 2.45) is 5.73 Å². The molecule has 4 nitrogen and oxygen atoms in total. The zero-order valence-electron chi connectivity index (χ0n) is 8.46. The summed E-state index contributed by atoms with van der Waals surface area (Å²) in [6.45, 7) is 0.558. The molecule has 16 heavy (non-hydrogen) atoms. The molecule has 1 aliphatic heterocycles. The highest BCUT2D eigenvalue weighted by molar-refractivity contribution is 9.10. The number of nitrogens with one attached hydrogen (secondary N) is 1. The van der Waals surface area contributed by atoms with E-state index in [1.54, 1.807) is 0 Å². The molecule has 1 aromatic carbocycles. The van der Waals surface area contributed by atoms with E-state index in [0.717, 1.165) is 15.6 Å². The number of hydrogen-bond acceptors (Lipinski definition) is 4. The van der Waals surface area contributed by atoms with Gasteiger partial charge in [-0.15, -0.1) is 0 Å². The minimum absolute atomic E-state index is 0.139. The van der Waals surface area contributed by atoms with E-state index in [4.69, 9.17) is 5.73 Å². The fraction of sp³-hybridized carbons (Fsp3) is 0.182. The summed E-state index contributed by atoms with van der Waals surface area (Å²) in [5, 5.41) is 12.5. The molecule has 0 atom stereocenters. The van der Waals surface area contributed by atoms with Crippen LogP contribution >= 0.6 is 15.9 Å². The smallest absolute Gasteiger partial charge is 0.218 e. The van der Waals surface area contributed by atoms with Crippen LogP contribution in [0.15, 0.2) is 28.4 Å². The van der Waals surface area contributed by atoms with Gasteiger partial charge in [-0.2, -0.15) is 0 Å². The first kappa shape index (κ1) is 11.2. The predicted molar refractivity (Wildman–Crippen MR) is 64.6 cm³/mol. The SMILES string of the molecule is NCc1ccc(Br)c(C2=C(O)C(=O)CN2)c1. The Kier molecular flexibility index (Phi) is 2.98. The number of carbonyl (C=O) groups excluding carboxylic acids is 1. The number of aliphatic hydroxyl groups excluding tert-OH is 1. The van der Waals surface area contributed by atoms with E-state index < -0.39 is 0 Å². The van der Waals surface area contributed by atoms with Crippen molar-refractivity contribution in [2.45, 2.75) is 6.54 Å². The molecule has 0 saturated heterocycles. The van der Waals surface area contributed by atoms with Crippen LogP contribution in [0.5, 0.6) is 0 Å². The summed E-state index contributed by atoms with van der Waals surface area (Å²) in [4.78, 5) is 11.2. The summed E-state index contributed by atoms with van der Waals surface area (Å²) >= 11 is 3.38. The number of aliphatic hydroxyl groups is 1. The van der Waals surface area contributed by atoms with Crippen LogP contribution < -0.4 is 11.1 Å². The normalized spacial score (nSPS) is 15.5. The first-order valence-corrected chi connectivity index (χ1v) is 5.62. The Hall–Kier alpha value is -1.33. The Morgan fingerprint density at radius 3 is 2.81 bits per heavy atom. The summed E-state index contributed by atoms with van der Waals surface area (Å²) in [6, 6.07) is 5.59. The summed E-state index contributed by atoms with van der Waals surface area (Å²) in [5.74, 6) is -0.505. The van der Waals surface area contributed by atoms with Crippen LogP contribution in [0.25, 0.3) is 5.70 Å². The van der Waals surface area contributed by atoms with Crippen molar-refractivity contribution in [3.05, 3.63) is 39.6 Å². The van der Waals surface area contributed by atoms with Crippen LogP contribution in [0.3, 0.4) is 0 Å². The molecule has 0 spiro atoms. The lowest BCUT2D eigenvalue weighted by Gasteiger charge is -2.08. The second kappa shape index (κ2) is 4.27. The Balaban J connectivity index is 2.52. The van der Waals surface area contributed by atoms with Gasteiger partial charge in [0.15, 0.2) is 5.76 Å². The molecule has 0 amide bonds. The van der Waals surface area contributed by atoms with Gasteiger partial charge in [-0.1, -0.05) is 22.0 Å². The molecule has 5 heteroatoms. The fourth-order valence-electron chi connectivity index (χ4n) is 1.59. The van der Waals surface area contributed by atoms with Gasteiger partial charge in [-0.3, -0.25) is 4.79 Å². The average molecular weight is 283 g/mol. The summed E-state index contributed by atoms with van der Waals surface area (Å²) in [6.07, 6.45) is 0. The number of hydrogen-bond donors (Lipinski definition) is 3. The van der Waals surface area contributed by atoms with Crippen LogP contribution in [0.1, 0.15) is 11.1 Å². The maximum absolute atomic E-state index is 11.2. The first-order valence-electron chi connectivity index (χ1n) is 4.82. The molecular formula is C11H11BrN2O2. The van der Waals surface area contributed by atoms with E-state index in [9.17, 15) is 9.90 Å². The van der Waals surface area contributed by atoms with Gasteiger partial charge in [0.1, 0.15) is 0 Å². The van der Waals surface area contributed by atoms with E-state index in [2.05, 4.69) is 21.2 Å². The van der Waals surface area contributed by atoms with Gasteiger partial charge in [0.2, 0.25) is 5.78 Å². The standard InChI is InChI=1S/C11H11BrN2O2/c12-8-2-1-6(4-13)3-7(8)10-11(16)9(15)5-14-10/h1-3,14,16H,4-5,13H2. The second-order valence-electron chi connectivity index (χ2n) is 3.52. The Morgan fingerprint density at radius 1 is 1.50 bits per heavy atom. The van der Waals surface area contributed by atoms with Crippen molar-refractivity contribution in [1.29, 1.82) is 0 Å². The number of Topliss-reactive ketones (excluding diaryl/α,β-unsaturated/α-hetero) is 1. The van der Waals surface area contributed by atoms with Crippen molar-refractivity contribution >= 4 is 27.4 Å². The molecule has 1 aliphatic rings. The monoisotopic (exact) mass is 282 g/mol. The summed E-state index contributed by atoms with van der Waals surface area (Å²) in [7, 11) is 0. The molecular weight excluding hydrogens is 272 g/mol. The van der Waals surface area contributed by atoms with Crippen molar-refractivity contribution in [3.8, 4) is 0 Å². The number of halogens is 1. The topological polar surface area (TPSA) is 75.3 Å². The predicted octanol–water partition coefficient (Wildman–Crippen LogP) is 1.31. The van der Waals surface area contributed by atoms with Gasteiger partial charge in [0, 0.05) is 16.6 Å². The third-order valence-corrected chi connectivity index (χ3v) is 3.15. The van der Waals surface area contributed by atoms with Gasteiger partial charge in [0.05, 0.1) is 12.2 Å². The highest BCUT2D eigenvalue weighted by Crippen LogP contribution is 2.27. The number of nitrogens with two attached hydrogens (primary N) is 1. The summed E-state index contributed by atoms with van der Waals surface area (Å²) < 4.78 is 0.813. The largest absolute Gasteiger partial charge is 0.503 e. The van der Waals surface area contributed by atoms with E-state index in [1.165, 1.54) is 0 Å². The van der Waals surface area contributed by atoms with E-state index in [1.807, 2.05) is 18.2 Å². The first-order chi connectivity index (χ1) is 7.63. The Morgan fingerprint density at radius 2 is 2.25 bits per heavy atom. The van der Waals surface area contributed by atoms with Crippen molar-refractivity contribution in [2.75, 3.05) is 6.54 Å². The van der Waals surface area contributed by atoms with Gasteiger partial charge in [-0.25, -0.2) is 0 Å². The highest BCUT2D eigenvalue weighted by atomic mass is 79.9. The van der Waals surface area contributed by atoms with Gasteiger partial charge >= 0.3 is 0 Å². The summed E-state index contributed by atoms with van der Waals surface area (Å²) in [5.41, 5.74) is 7.71. The quantitative estimate of drug-likeness (QED) is 0.765. The minimum atomic E-state index is -0.292. The van der Waals surface area contributed by atoms with Crippen LogP contribution in [0, 0.1) is 0 Å². The van der Waals surface area contributed by atoms with Crippen molar-refractivity contribution in [1.82, 2.24) is 5.32 Å². The van der Waals surface area contributed by atoms with Crippen LogP contribution in [0.4, 0.5) is 0 Å². The zero-order chi connectivity index (χ0) is 11.7. The molecule has 0 aromatic heterocycles. The molecule has 0 unspecified atom stereocenters. The molecule has 2 rings (SSSR count).